The average molecular weight is 418 g/mol. The molecule has 0 aliphatic carbocycles. The zero-order chi connectivity index (χ0) is 22.0. The monoisotopic (exact) mass is 418 g/mol. The van der Waals surface area contributed by atoms with Gasteiger partial charge in [-0.05, 0) is 30.7 Å². The van der Waals surface area contributed by atoms with E-state index in [2.05, 4.69) is 5.32 Å². The largest absolute Gasteiger partial charge is 0.398 e. The van der Waals surface area contributed by atoms with Crippen LogP contribution in [0.25, 0.3) is 0 Å². The molecule has 1 unspecified atom stereocenters. The number of piperidine rings is 1. The van der Waals surface area contributed by atoms with Crippen LogP contribution in [0.1, 0.15) is 54.3 Å². The number of anilines is 2. The van der Waals surface area contributed by atoms with Gasteiger partial charge < -0.3 is 5.73 Å². The minimum atomic E-state index is -1.16. The molecule has 3 N–H and O–H groups in total. The quantitative estimate of drug-likeness (QED) is 0.532. The van der Waals surface area contributed by atoms with Gasteiger partial charge in [-0.1, -0.05) is 12.1 Å². The number of carbonyl (C=O) groups excluding carboxylic acids is 6. The van der Waals surface area contributed by atoms with Gasteiger partial charge >= 0.3 is 0 Å². The van der Waals surface area contributed by atoms with E-state index in [1.165, 1.54) is 36.4 Å². The van der Waals surface area contributed by atoms with Crippen LogP contribution in [-0.4, -0.2) is 46.4 Å². The lowest BCUT2D eigenvalue weighted by Gasteiger charge is -2.28. The van der Waals surface area contributed by atoms with Crippen molar-refractivity contribution in [3.8, 4) is 0 Å². The second kappa shape index (κ2) is 6.33. The Hall–Kier alpha value is -4.34. The molecule has 10 heteroatoms. The second-order valence-electron chi connectivity index (χ2n) is 7.36. The first-order chi connectivity index (χ1) is 14.8. The van der Waals surface area contributed by atoms with E-state index in [0.717, 1.165) is 9.80 Å². The average Bonchev–Trinajstić information content (AvgIpc) is 3.14. The highest BCUT2D eigenvalue weighted by Gasteiger charge is 2.48. The van der Waals surface area contributed by atoms with E-state index >= 15 is 0 Å². The molecular weight excluding hydrogens is 404 g/mol. The molecule has 154 valence electrons. The predicted octanol–water partition coefficient (Wildman–Crippen LogP) is 0.471. The Morgan fingerprint density at radius 1 is 0.806 bits per heavy atom. The smallest absolute Gasteiger partial charge is 0.268 e. The Bertz CT molecular complexity index is 1270. The second-order valence-corrected chi connectivity index (χ2v) is 7.36. The number of nitrogens with zero attached hydrogens (tertiary/aromatic N) is 2. The van der Waals surface area contributed by atoms with Crippen molar-refractivity contribution in [3.63, 3.8) is 0 Å². The summed E-state index contributed by atoms with van der Waals surface area (Å²) in [6.07, 6.45) is -0.0244. The number of nitrogens with two attached hydrogens (primary N) is 1. The number of fused-ring (bicyclic) bond motifs is 2. The van der Waals surface area contributed by atoms with Gasteiger partial charge in [0.05, 0.1) is 27.9 Å². The number of imide groups is 3. The maximum absolute atomic E-state index is 13.2. The number of carbonyl (C=O) groups is 6. The molecule has 1 atom stereocenters. The molecule has 1 fully saturated rings. The van der Waals surface area contributed by atoms with Crippen molar-refractivity contribution in [3.05, 3.63) is 58.7 Å². The summed E-state index contributed by atoms with van der Waals surface area (Å²) >= 11 is 0. The maximum Gasteiger partial charge on any atom is 0.268 e. The number of nitrogens with one attached hydrogen (secondary N) is 1. The molecule has 1 saturated heterocycles. The van der Waals surface area contributed by atoms with E-state index < -0.39 is 41.5 Å². The maximum atomic E-state index is 13.2. The minimum absolute atomic E-state index is 0.00494. The lowest BCUT2D eigenvalue weighted by atomic mass is 10.0. The van der Waals surface area contributed by atoms with Gasteiger partial charge in [0.25, 0.3) is 23.6 Å². The first-order valence-corrected chi connectivity index (χ1v) is 9.43. The molecule has 6 amide bonds. The predicted molar refractivity (Wildman–Crippen MR) is 105 cm³/mol. The van der Waals surface area contributed by atoms with Crippen LogP contribution in [0.5, 0.6) is 0 Å². The van der Waals surface area contributed by atoms with Crippen molar-refractivity contribution in [2.75, 3.05) is 10.6 Å². The Labute approximate surface area is 174 Å². The Morgan fingerprint density at radius 2 is 1.48 bits per heavy atom. The summed E-state index contributed by atoms with van der Waals surface area (Å²) in [4.78, 5) is 77.4. The van der Waals surface area contributed by atoms with Crippen molar-refractivity contribution in [1.82, 2.24) is 10.2 Å². The van der Waals surface area contributed by atoms with Gasteiger partial charge in [0, 0.05) is 12.1 Å². The Balaban J connectivity index is 1.59. The first-order valence-electron chi connectivity index (χ1n) is 9.43. The fourth-order valence-electron chi connectivity index (χ4n) is 4.21. The summed E-state index contributed by atoms with van der Waals surface area (Å²) in [5.74, 6) is -4.14. The van der Waals surface area contributed by atoms with Crippen molar-refractivity contribution in [1.29, 1.82) is 0 Å². The third kappa shape index (κ3) is 2.44. The van der Waals surface area contributed by atoms with Crippen LogP contribution in [0.15, 0.2) is 36.4 Å². The van der Waals surface area contributed by atoms with Crippen LogP contribution in [0.2, 0.25) is 0 Å². The van der Waals surface area contributed by atoms with E-state index in [4.69, 9.17) is 5.73 Å². The number of nitrogen functional groups attached to an aromatic ring is 1. The molecule has 10 nitrogen and oxygen atoms in total. The molecule has 0 radical (unpaired) electrons. The molecule has 0 saturated carbocycles. The van der Waals surface area contributed by atoms with Gasteiger partial charge in [-0.3, -0.25) is 39.0 Å². The summed E-state index contributed by atoms with van der Waals surface area (Å²) in [6.45, 7) is 0. The molecule has 5 rings (SSSR count). The highest BCUT2D eigenvalue weighted by atomic mass is 16.2. The lowest BCUT2D eigenvalue weighted by molar-refractivity contribution is -0.136. The Morgan fingerprint density at radius 3 is 2.16 bits per heavy atom. The van der Waals surface area contributed by atoms with Gasteiger partial charge in [0.15, 0.2) is 0 Å². The van der Waals surface area contributed by atoms with Crippen LogP contribution in [-0.2, 0) is 9.59 Å². The fourth-order valence-corrected chi connectivity index (χ4v) is 4.21. The van der Waals surface area contributed by atoms with Crippen LogP contribution in [0.4, 0.5) is 11.4 Å². The van der Waals surface area contributed by atoms with Crippen LogP contribution in [0, 0.1) is 0 Å². The standard InChI is InChI=1S/C21H14N4O6/c22-11-5-1-3-9-15(11)20(30)24(18(9)28)12-6-2-4-10-16(12)21(31)25(19(10)29)13-7-8-14(26)23-17(13)27/h1-6,13H,7-8,22H2,(H,23,26,27). The number of benzene rings is 2. The zero-order valence-corrected chi connectivity index (χ0v) is 15.9. The molecule has 2 aromatic rings. The fraction of sp³-hybridized carbons (Fsp3) is 0.143. The summed E-state index contributed by atoms with van der Waals surface area (Å²) in [5.41, 5.74) is 5.89. The normalized spacial score (nSPS) is 20.3. The molecule has 0 aromatic heterocycles. The minimum Gasteiger partial charge on any atom is -0.398 e. The van der Waals surface area contributed by atoms with Crippen molar-refractivity contribution >= 4 is 46.8 Å². The van der Waals surface area contributed by atoms with Gasteiger partial charge in [0.1, 0.15) is 6.04 Å². The van der Waals surface area contributed by atoms with E-state index in [1.807, 2.05) is 0 Å². The third-order valence-corrected chi connectivity index (χ3v) is 5.63. The summed E-state index contributed by atoms with van der Waals surface area (Å²) in [7, 11) is 0. The van der Waals surface area contributed by atoms with E-state index in [1.54, 1.807) is 0 Å². The van der Waals surface area contributed by atoms with Crippen LogP contribution >= 0.6 is 0 Å². The SMILES string of the molecule is Nc1cccc2c1C(=O)N(c1cccc3c1C(=O)N(C1CCC(=O)NC1=O)C3=O)C2=O. The molecule has 0 bridgehead atoms. The van der Waals surface area contributed by atoms with Crippen molar-refractivity contribution in [2.24, 2.45) is 0 Å². The third-order valence-electron chi connectivity index (χ3n) is 5.63. The van der Waals surface area contributed by atoms with Crippen LogP contribution < -0.4 is 16.0 Å². The molecule has 3 aliphatic rings. The lowest BCUT2D eigenvalue weighted by Crippen LogP contribution is -2.54. The van der Waals surface area contributed by atoms with Gasteiger partial charge in [-0.25, -0.2) is 4.90 Å². The highest BCUT2D eigenvalue weighted by Crippen LogP contribution is 2.38. The van der Waals surface area contributed by atoms with Gasteiger partial charge in [0.2, 0.25) is 11.8 Å². The number of hydrogen-bond acceptors (Lipinski definition) is 7. The molecule has 0 spiro atoms. The van der Waals surface area contributed by atoms with Crippen LogP contribution in [0.3, 0.4) is 0 Å². The summed E-state index contributed by atoms with van der Waals surface area (Å²) in [5, 5.41) is 2.12. The van der Waals surface area contributed by atoms with E-state index in [9.17, 15) is 28.8 Å². The molecular formula is C21H14N4O6. The number of rotatable bonds is 2. The summed E-state index contributed by atoms with van der Waals surface area (Å²) < 4.78 is 0. The molecule has 31 heavy (non-hydrogen) atoms. The Kier molecular flexibility index (Phi) is 3.81. The zero-order valence-electron chi connectivity index (χ0n) is 15.9. The van der Waals surface area contributed by atoms with E-state index in [-0.39, 0.29) is 46.5 Å². The van der Waals surface area contributed by atoms with Crippen molar-refractivity contribution in [2.45, 2.75) is 18.9 Å². The van der Waals surface area contributed by atoms with Crippen molar-refractivity contribution < 1.29 is 28.8 Å². The topological polar surface area (TPSA) is 147 Å². The van der Waals surface area contributed by atoms with Gasteiger partial charge in [-0.15, -0.1) is 0 Å². The highest BCUT2D eigenvalue weighted by molar-refractivity contribution is 6.38. The number of amides is 6. The first kappa shape index (κ1) is 18.7. The molecule has 2 aromatic carbocycles. The number of hydrogen-bond donors (Lipinski definition) is 2. The van der Waals surface area contributed by atoms with Gasteiger partial charge in [-0.2, -0.15) is 0 Å². The molecule has 3 heterocycles. The summed E-state index contributed by atoms with van der Waals surface area (Å²) in [6, 6.07) is 7.54. The molecule has 3 aliphatic heterocycles. The van der Waals surface area contributed by atoms with E-state index in [0.29, 0.717) is 0 Å².